The van der Waals surface area contributed by atoms with E-state index in [0.717, 1.165) is 6.07 Å². The number of nitrogens with zero attached hydrogens (tertiary/aromatic N) is 2. The molecule has 3 aromatic rings. The Morgan fingerprint density at radius 1 is 1.18 bits per heavy atom. The first-order chi connectivity index (χ1) is 10.5. The summed E-state index contributed by atoms with van der Waals surface area (Å²) < 4.78 is 27.3. The molecule has 4 nitrogen and oxygen atoms in total. The van der Waals surface area contributed by atoms with Crippen molar-refractivity contribution in [3.05, 3.63) is 76.3 Å². The molecule has 0 N–H and O–H groups in total. The quantitative estimate of drug-likeness (QED) is 0.415. The third-order valence-corrected chi connectivity index (χ3v) is 3.30. The highest BCUT2D eigenvalue weighted by Gasteiger charge is 2.26. The Labute approximate surface area is 124 Å². The smallest absolute Gasteiger partial charge is 0.286 e. The number of aryl methyl sites for hydroxylation is 1. The fourth-order valence-electron chi connectivity index (χ4n) is 2.29. The van der Waals surface area contributed by atoms with Gasteiger partial charge >= 0.3 is 0 Å². The van der Waals surface area contributed by atoms with Crippen molar-refractivity contribution in [2.24, 2.45) is 0 Å². The second-order valence-electron chi connectivity index (χ2n) is 4.79. The summed E-state index contributed by atoms with van der Waals surface area (Å²) in [4.78, 5) is 16.4. The van der Waals surface area contributed by atoms with Crippen LogP contribution in [0.15, 0.2) is 42.5 Å². The first-order valence-electron chi connectivity index (χ1n) is 6.47. The van der Waals surface area contributed by atoms with Gasteiger partial charge in [-0.3, -0.25) is 4.79 Å². The lowest BCUT2D eigenvalue weighted by molar-refractivity contribution is -0.580. The zero-order valence-corrected chi connectivity index (χ0v) is 11.5. The average molecular weight is 300 g/mol. The van der Waals surface area contributed by atoms with E-state index >= 15 is 0 Å². The van der Waals surface area contributed by atoms with Gasteiger partial charge in [0.2, 0.25) is 5.52 Å². The number of fused-ring (bicyclic) bond motifs is 1. The largest absolute Gasteiger partial charge is 0.618 e. The van der Waals surface area contributed by atoms with Crippen molar-refractivity contribution in [3.63, 3.8) is 0 Å². The van der Waals surface area contributed by atoms with Gasteiger partial charge in [0.1, 0.15) is 11.5 Å². The number of hydrogen-bond donors (Lipinski definition) is 0. The lowest BCUT2D eigenvalue weighted by Crippen LogP contribution is -2.38. The maximum Gasteiger partial charge on any atom is 0.286 e. The van der Waals surface area contributed by atoms with E-state index in [9.17, 15) is 18.8 Å². The van der Waals surface area contributed by atoms with E-state index in [1.807, 2.05) is 0 Å². The molecule has 110 valence electrons. The third-order valence-electron chi connectivity index (χ3n) is 3.30. The van der Waals surface area contributed by atoms with E-state index in [1.54, 1.807) is 30.3 Å². The molecule has 1 aromatic heterocycles. The Balaban J connectivity index is 2.29. The van der Waals surface area contributed by atoms with Crippen LogP contribution < -0.4 is 4.73 Å². The molecule has 0 radical (unpaired) electrons. The van der Waals surface area contributed by atoms with Crippen molar-refractivity contribution in [1.29, 1.82) is 0 Å². The first-order valence-corrected chi connectivity index (χ1v) is 6.47. The van der Waals surface area contributed by atoms with Crippen LogP contribution in [0.1, 0.15) is 21.7 Å². The van der Waals surface area contributed by atoms with E-state index in [1.165, 1.54) is 6.92 Å². The zero-order valence-electron chi connectivity index (χ0n) is 11.5. The predicted molar refractivity (Wildman–Crippen MR) is 75.2 cm³/mol. The van der Waals surface area contributed by atoms with Crippen LogP contribution in [0.2, 0.25) is 0 Å². The Bertz CT molecular complexity index is 896. The molecule has 3 rings (SSSR count). The number of halogens is 2. The number of carbonyl (C=O) groups is 1. The van der Waals surface area contributed by atoms with Crippen molar-refractivity contribution in [2.45, 2.75) is 6.92 Å². The molecule has 1 heterocycles. The molecule has 0 aliphatic carbocycles. The van der Waals surface area contributed by atoms with Gasteiger partial charge in [-0.05, 0) is 6.92 Å². The second-order valence-corrected chi connectivity index (χ2v) is 4.79. The maximum atomic E-state index is 13.7. The summed E-state index contributed by atoms with van der Waals surface area (Å²) in [5, 5.41) is 12.4. The van der Waals surface area contributed by atoms with Gasteiger partial charge in [0.05, 0.1) is 0 Å². The summed E-state index contributed by atoms with van der Waals surface area (Å²) in [6.45, 7) is 1.44. The summed E-state index contributed by atoms with van der Waals surface area (Å²) in [6.07, 6.45) is 0. The van der Waals surface area contributed by atoms with Crippen LogP contribution in [-0.4, -0.2) is 10.8 Å². The van der Waals surface area contributed by atoms with Crippen molar-refractivity contribution in [1.82, 2.24) is 4.98 Å². The molecule has 0 saturated heterocycles. The Morgan fingerprint density at radius 2 is 1.86 bits per heavy atom. The number of hydrogen-bond acceptors (Lipinski definition) is 3. The third kappa shape index (κ3) is 2.18. The molecule has 0 aliphatic heterocycles. The second kappa shape index (κ2) is 5.14. The van der Waals surface area contributed by atoms with E-state index < -0.39 is 17.4 Å². The summed E-state index contributed by atoms with van der Waals surface area (Å²) in [7, 11) is 0. The minimum atomic E-state index is -0.943. The van der Waals surface area contributed by atoms with Gasteiger partial charge in [0.15, 0.2) is 11.3 Å². The number of ketones is 1. The van der Waals surface area contributed by atoms with E-state index in [-0.39, 0.29) is 27.2 Å². The van der Waals surface area contributed by atoms with Crippen LogP contribution in [0.5, 0.6) is 0 Å². The molecular formula is C16H10F2N2O2. The fraction of sp³-hybridized carbons (Fsp3) is 0.0625. The molecule has 0 bridgehead atoms. The van der Waals surface area contributed by atoms with Gasteiger partial charge in [-0.1, -0.05) is 30.3 Å². The van der Waals surface area contributed by atoms with E-state index in [2.05, 4.69) is 4.98 Å². The van der Waals surface area contributed by atoms with Gasteiger partial charge in [0.25, 0.3) is 11.5 Å². The molecule has 0 unspecified atom stereocenters. The number of rotatable bonds is 2. The molecule has 22 heavy (non-hydrogen) atoms. The summed E-state index contributed by atoms with van der Waals surface area (Å²) in [6, 6.07) is 9.67. The van der Waals surface area contributed by atoms with E-state index in [0.29, 0.717) is 11.6 Å². The zero-order chi connectivity index (χ0) is 15.9. The topological polar surface area (TPSA) is 56.9 Å². The monoisotopic (exact) mass is 300 g/mol. The maximum absolute atomic E-state index is 13.7. The normalized spacial score (nSPS) is 10.9. The van der Waals surface area contributed by atoms with Crippen molar-refractivity contribution in [2.75, 3.05) is 0 Å². The molecule has 0 atom stereocenters. The molecule has 6 heteroatoms. The van der Waals surface area contributed by atoms with Crippen LogP contribution >= 0.6 is 0 Å². The highest BCUT2D eigenvalue weighted by Crippen LogP contribution is 2.18. The summed E-state index contributed by atoms with van der Waals surface area (Å²) >= 11 is 0. The van der Waals surface area contributed by atoms with Gasteiger partial charge in [0, 0.05) is 17.7 Å². The molecular weight excluding hydrogens is 290 g/mol. The minimum Gasteiger partial charge on any atom is -0.618 e. The lowest BCUT2D eigenvalue weighted by Gasteiger charge is -2.09. The molecule has 0 spiro atoms. The SMILES string of the molecule is Cc1nc2c(F)cc(F)cc2[n+]([O-])c1C(=O)c1ccccc1. The van der Waals surface area contributed by atoms with Crippen LogP contribution in [0, 0.1) is 23.8 Å². The van der Waals surface area contributed by atoms with Gasteiger partial charge < -0.3 is 5.21 Å². The average Bonchev–Trinajstić information content (AvgIpc) is 2.49. The molecule has 0 aliphatic rings. The minimum absolute atomic E-state index is 0.0851. The summed E-state index contributed by atoms with van der Waals surface area (Å²) in [5.41, 5.74) is -0.445. The van der Waals surface area contributed by atoms with Gasteiger partial charge in [-0.15, -0.1) is 0 Å². The van der Waals surface area contributed by atoms with Crippen LogP contribution in [0.25, 0.3) is 11.0 Å². The Kier molecular flexibility index (Phi) is 3.29. The highest BCUT2D eigenvalue weighted by atomic mass is 19.1. The van der Waals surface area contributed by atoms with Crippen molar-refractivity contribution < 1.29 is 18.3 Å². The van der Waals surface area contributed by atoms with Crippen molar-refractivity contribution in [3.8, 4) is 0 Å². The van der Waals surface area contributed by atoms with Crippen LogP contribution in [-0.2, 0) is 0 Å². The van der Waals surface area contributed by atoms with Gasteiger partial charge in [-0.25, -0.2) is 13.8 Å². The number of carbonyl (C=O) groups excluding carboxylic acids is 1. The van der Waals surface area contributed by atoms with E-state index in [4.69, 9.17) is 0 Å². The van der Waals surface area contributed by atoms with Crippen LogP contribution in [0.3, 0.4) is 0 Å². The summed E-state index contributed by atoms with van der Waals surface area (Å²) in [5.74, 6) is -2.40. The first kappa shape index (κ1) is 14.1. The van der Waals surface area contributed by atoms with Crippen LogP contribution in [0.4, 0.5) is 8.78 Å². The Hall–Kier alpha value is -2.89. The molecule has 0 amide bonds. The standard InChI is InChI=1S/C16H10F2N2O2/c1-9-15(16(21)10-5-3-2-4-6-10)20(22)13-8-11(17)7-12(18)14(13)19-9/h2-8H,1H3. The lowest BCUT2D eigenvalue weighted by atomic mass is 10.1. The molecule has 2 aromatic carbocycles. The number of aromatic nitrogens is 2. The van der Waals surface area contributed by atoms with Gasteiger partial charge in [-0.2, -0.15) is 4.73 Å². The fourth-order valence-corrected chi connectivity index (χ4v) is 2.29. The molecule has 0 saturated carbocycles. The highest BCUT2D eigenvalue weighted by molar-refractivity contribution is 6.07. The molecule has 0 fully saturated rings. The Morgan fingerprint density at radius 3 is 2.55 bits per heavy atom. The van der Waals surface area contributed by atoms with Crippen molar-refractivity contribution >= 4 is 16.8 Å². The predicted octanol–water partition coefficient (Wildman–Crippen LogP) is 2.69. The number of benzene rings is 2.